The number of rotatable bonds is 11. The minimum absolute atomic E-state index is 0.0205. The first-order valence-electron chi connectivity index (χ1n) is 10.4. The van der Waals surface area contributed by atoms with E-state index in [-0.39, 0.29) is 24.1 Å². The molecule has 2 aromatic rings. The molecular formula is C22H30F2N4O3S. The second-order valence-electron chi connectivity index (χ2n) is 7.67. The number of anilines is 2. The topological polar surface area (TPSA) is 109 Å². The van der Waals surface area contributed by atoms with Crippen LogP contribution in [-0.4, -0.2) is 32.5 Å². The summed E-state index contributed by atoms with van der Waals surface area (Å²) in [5, 5.41) is 9.18. The number of hydrogen-bond donors (Lipinski definition) is 3. The summed E-state index contributed by atoms with van der Waals surface area (Å²) in [6.07, 6.45) is 0.993. The van der Waals surface area contributed by atoms with Crippen molar-refractivity contribution in [3.8, 4) is 5.75 Å². The van der Waals surface area contributed by atoms with E-state index in [9.17, 15) is 17.2 Å². The summed E-state index contributed by atoms with van der Waals surface area (Å²) < 4.78 is 61.2. The molecular weight excluding hydrogens is 438 g/mol. The van der Waals surface area contributed by atoms with Gasteiger partial charge in [-0.05, 0) is 62.6 Å². The number of hydrogen-bond acceptors (Lipinski definition) is 6. The average molecular weight is 469 g/mol. The fourth-order valence-corrected chi connectivity index (χ4v) is 4.22. The first-order chi connectivity index (χ1) is 15.0. The lowest BCUT2D eigenvalue weighted by Crippen LogP contribution is -2.37. The maximum absolute atomic E-state index is 15.0. The van der Waals surface area contributed by atoms with Crippen LogP contribution in [0.4, 0.5) is 20.2 Å². The van der Waals surface area contributed by atoms with E-state index in [4.69, 9.17) is 16.0 Å². The Labute approximate surface area is 188 Å². The van der Waals surface area contributed by atoms with Crippen LogP contribution in [0, 0.1) is 17.0 Å². The Balaban J connectivity index is 2.32. The molecule has 0 aliphatic rings. The number of benzene rings is 2. The van der Waals surface area contributed by atoms with E-state index in [1.165, 1.54) is 0 Å². The molecule has 0 unspecified atom stereocenters. The van der Waals surface area contributed by atoms with Gasteiger partial charge in [-0.2, -0.15) is 0 Å². The molecule has 0 spiro atoms. The molecule has 0 atom stereocenters. The van der Waals surface area contributed by atoms with E-state index in [2.05, 4.69) is 4.72 Å². The fraction of sp³-hybridized carbons (Fsp3) is 0.409. The first-order valence-corrected chi connectivity index (χ1v) is 12.0. The van der Waals surface area contributed by atoms with Gasteiger partial charge >= 0.3 is 0 Å². The van der Waals surface area contributed by atoms with Gasteiger partial charge in [-0.25, -0.2) is 23.0 Å². The molecule has 0 heterocycles. The van der Waals surface area contributed by atoms with E-state index in [0.717, 1.165) is 22.7 Å². The van der Waals surface area contributed by atoms with Gasteiger partial charge in [0.2, 0.25) is 10.0 Å². The Morgan fingerprint density at radius 2 is 1.91 bits per heavy atom. The van der Waals surface area contributed by atoms with Gasteiger partial charge in [0.15, 0.2) is 11.6 Å². The maximum atomic E-state index is 15.0. The van der Waals surface area contributed by atoms with Gasteiger partial charge in [-0.3, -0.25) is 9.73 Å². The van der Waals surface area contributed by atoms with E-state index in [1.54, 1.807) is 19.1 Å². The smallest absolute Gasteiger partial charge is 0.232 e. The Kier molecular flexibility index (Phi) is 8.57. The first kappa shape index (κ1) is 25.5. The van der Waals surface area contributed by atoms with E-state index < -0.39 is 33.0 Å². The number of hydrazine groups is 1. The zero-order chi connectivity index (χ0) is 24.1. The molecule has 0 aromatic heterocycles. The molecule has 4 N–H and O–H groups in total. The van der Waals surface area contributed by atoms with Gasteiger partial charge in [-0.15, -0.1) is 0 Å². The number of aryl methyl sites for hydroxylation is 1. The van der Waals surface area contributed by atoms with Crippen LogP contribution >= 0.6 is 0 Å². The number of sulfonamides is 1. The van der Waals surface area contributed by atoms with Gasteiger partial charge in [0.25, 0.3) is 0 Å². The molecule has 32 heavy (non-hydrogen) atoms. The van der Waals surface area contributed by atoms with E-state index in [0.29, 0.717) is 24.2 Å². The van der Waals surface area contributed by atoms with Crippen LogP contribution in [0.3, 0.4) is 0 Å². The van der Waals surface area contributed by atoms with Crippen LogP contribution in [0.2, 0.25) is 0 Å². The number of ether oxygens (including phenoxy) is 1. The molecule has 2 rings (SSSR count). The fourth-order valence-electron chi connectivity index (χ4n) is 3.09. The van der Waals surface area contributed by atoms with Crippen molar-refractivity contribution < 1.29 is 21.9 Å². The summed E-state index contributed by atoms with van der Waals surface area (Å²) in [6, 6.07) is 7.28. The van der Waals surface area contributed by atoms with Crippen molar-refractivity contribution in [3.05, 3.63) is 53.1 Å². The summed E-state index contributed by atoms with van der Waals surface area (Å²) >= 11 is 0. The normalized spacial score (nSPS) is 11.5. The Morgan fingerprint density at radius 1 is 1.22 bits per heavy atom. The Morgan fingerprint density at radius 3 is 2.50 bits per heavy atom. The molecule has 2 aromatic carbocycles. The predicted octanol–water partition coefficient (Wildman–Crippen LogP) is 4.21. The van der Waals surface area contributed by atoms with Crippen LogP contribution < -0.4 is 20.3 Å². The van der Waals surface area contributed by atoms with Crippen molar-refractivity contribution in [2.45, 2.75) is 46.6 Å². The zero-order valence-corrected chi connectivity index (χ0v) is 19.5. The quantitative estimate of drug-likeness (QED) is 0.260. The zero-order valence-electron chi connectivity index (χ0n) is 18.7. The number of nitrogens with two attached hydrogens (primary N) is 1. The summed E-state index contributed by atoms with van der Waals surface area (Å²) in [5.74, 6) is 4.19. The summed E-state index contributed by atoms with van der Waals surface area (Å²) in [5.41, 5.74) is 0.439. The number of nitrogens with zero attached hydrogens (tertiary/aromatic N) is 1. The highest BCUT2D eigenvalue weighted by molar-refractivity contribution is 7.92. The van der Waals surface area contributed by atoms with Gasteiger partial charge < -0.3 is 10.1 Å². The highest BCUT2D eigenvalue weighted by atomic mass is 32.2. The monoisotopic (exact) mass is 468 g/mol. The van der Waals surface area contributed by atoms with Crippen molar-refractivity contribution in [2.75, 3.05) is 22.0 Å². The SMILES string of the molecule is CCCS(=O)(=O)Nc1ccc(F)c(N(N)CC(=N)c2cc(CC)cc(OC(C)C)c2)c1F. The second-order valence-corrected chi connectivity index (χ2v) is 9.51. The molecule has 0 fully saturated rings. The Bertz CT molecular complexity index is 1080. The van der Waals surface area contributed by atoms with Crippen LogP contribution in [0.15, 0.2) is 30.3 Å². The van der Waals surface area contributed by atoms with Crippen molar-refractivity contribution >= 4 is 27.1 Å². The molecule has 0 amide bonds. The maximum Gasteiger partial charge on any atom is 0.232 e. The van der Waals surface area contributed by atoms with Crippen LogP contribution in [0.25, 0.3) is 0 Å². The lowest BCUT2D eigenvalue weighted by Gasteiger charge is -2.22. The second kappa shape index (κ2) is 10.7. The van der Waals surface area contributed by atoms with Gasteiger partial charge in [-0.1, -0.05) is 13.8 Å². The van der Waals surface area contributed by atoms with Crippen LogP contribution in [-0.2, 0) is 16.4 Å². The summed E-state index contributed by atoms with van der Waals surface area (Å²) in [6.45, 7) is 7.10. The number of halogens is 2. The molecule has 0 saturated heterocycles. The summed E-state index contributed by atoms with van der Waals surface area (Å²) in [4.78, 5) is 0. The van der Waals surface area contributed by atoms with Crippen LogP contribution in [0.5, 0.6) is 5.75 Å². The van der Waals surface area contributed by atoms with Crippen molar-refractivity contribution in [1.82, 2.24) is 0 Å². The standard InChI is InChI=1S/C22H30F2N4O3S/c1-5-9-32(29,30)27-20-8-7-18(23)22(21(20)24)28(26)13-19(25)16-10-15(6-2)11-17(12-16)31-14(3)4/h7-8,10-12,14,25,27H,5-6,9,13,26H2,1-4H3. The minimum Gasteiger partial charge on any atom is -0.491 e. The lowest BCUT2D eigenvalue weighted by atomic mass is 10.0. The van der Waals surface area contributed by atoms with E-state index >= 15 is 0 Å². The van der Waals surface area contributed by atoms with Crippen LogP contribution in [0.1, 0.15) is 45.2 Å². The highest BCUT2D eigenvalue weighted by Crippen LogP contribution is 2.29. The third-order valence-electron chi connectivity index (χ3n) is 4.52. The molecule has 0 radical (unpaired) electrons. The third-order valence-corrected chi connectivity index (χ3v) is 5.99. The average Bonchev–Trinajstić information content (AvgIpc) is 2.69. The van der Waals surface area contributed by atoms with Crippen molar-refractivity contribution in [3.63, 3.8) is 0 Å². The highest BCUT2D eigenvalue weighted by Gasteiger charge is 2.22. The van der Waals surface area contributed by atoms with Gasteiger partial charge in [0.1, 0.15) is 11.4 Å². The molecule has 0 bridgehead atoms. The van der Waals surface area contributed by atoms with Crippen molar-refractivity contribution in [1.29, 1.82) is 5.41 Å². The third kappa shape index (κ3) is 6.64. The molecule has 176 valence electrons. The molecule has 0 aliphatic heterocycles. The lowest BCUT2D eigenvalue weighted by molar-refractivity contribution is 0.242. The number of nitrogens with one attached hydrogen (secondary N) is 2. The van der Waals surface area contributed by atoms with E-state index in [1.807, 2.05) is 26.8 Å². The Hall–Kier alpha value is -2.72. The molecule has 10 heteroatoms. The van der Waals surface area contributed by atoms with Crippen molar-refractivity contribution in [2.24, 2.45) is 5.84 Å². The largest absolute Gasteiger partial charge is 0.491 e. The predicted molar refractivity (Wildman–Crippen MR) is 124 cm³/mol. The summed E-state index contributed by atoms with van der Waals surface area (Å²) in [7, 11) is -3.78. The van der Waals surface area contributed by atoms with Gasteiger partial charge in [0.05, 0.1) is 29.8 Å². The molecule has 0 saturated carbocycles. The van der Waals surface area contributed by atoms with Gasteiger partial charge in [0, 0.05) is 5.56 Å². The molecule has 7 nitrogen and oxygen atoms in total. The molecule has 0 aliphatic carbocycles. The minimum atomic E-state index is -3.78.